The largest absolute Gasteiger partial charge is 0.492 e. The Hall–Kier alpha value is -0.835. The van der Waals surface area contributed by atoms with Crippen molar-refractivity contribution in [2.45, 2.75) is 13.0 Å². The van der Waals surface area contributed by atoms with Gasteiger partial charge >= 0.3 is 7.12 Å². The molecule has 2 rings (SSSR count). The maximum Gasteiger partial charge on any atom is 0.492 e. The van der Waals surface area contributed by atoms with Gasteiger partial charge in [0.1, 0.15) is 0 Å². The van der Waals surface area contributed by atoms with Gasteiger partial charge in [-0.3, -0.25) is 0 Å². The Morgan fingerprint density at radius 2 is 2.38 bits per heavy atom. The van der Waals surface area contributed by atoms with Gasteiger partial charge in [-0.1, -0.05) is 18.2 Å². The number of aryl methyl sites for hydroxylation is 1. The van der Waals surface area contributed by atoms with Crippen LogP contribution in [0, 0.1) is 6.92 Å². The molecule has 1 aromatic rings. The Labute approximate surface area is 77.7 Å². The van der Waals surface area contributed by atoms with Crippen LogP contribution in [0.4, 0.5) is 0 Å². The van der Waals surface area contributed by atoms with Crippen LogP contribution in [0.3, 0.4) is 0 Å². The highest BCUT2D eigenvalue weighted by atomic mass is 16.5. The minimum atomic E-state index is -0.802. The van der Waals surface area contributed by atoms with Crippen LogP contribution in [0.2, 0.25) is 0 Å². The molecule has 68 valence electrons. The lowest BCUT2D eigenvalue weighted by molar-refractivity contribution is 0.197. The van der Waals surface area contributed by atoms with Crippen molar-refractivity contribution in [1.29, 1.82) is 0 Å². The van der Waals surface area contributed by atoms with Crippen LogP contribution in [0.25, 0.3) is 0 Å². The average molecular weight is 177 g/mol. The topological polar surface area (TPSA) is 55.5 Å². The molecule has 0 aromatic heterocycles. The third-order valence-electron chi connectivity index (χ3n) is 2.45. The van der Waals surface area contributed by atoms with E-state index in [9.17, 15) is 5.02 Å². The van der Waals surface area contributed by atoms with Crippen LogP contribution in [-0.2, 0) is 4.65 Å². The predicted molar refractivity (Wildman–Crippen MR) is 51.7 cm³/mol. The molecule has 0 saturated carbocycles. The summed E-state index contributed by atoms with van der Waals surface area (Å²) in [6.45, 7) is 2.41. The van der Waals surface area contributed by atoms with Gasteiger partial charge in [0.25, 0.3) is 0 Å². The summed E-state index contributed by atoms with van der Waals surface area (Å²) < 4.78 is 5.29. The van der Waals surface area contributed by atoms with Crippen molar-refractivity contribution < 1.29 is 9.68 Å². The summed E-state index contributed by atoms with van der Waals surface area (Å²) in [6, 6.07) is 5.80. The van der Waals surface area contributed by atoms with E-state index in [-0.39, 0.29) is 6.10 Å². The second-order valence-corrected chi connectivity index (χ2v) is 3.29. The predicted octanol–water partition coefficient (Wildman–Crippen LogP) is -0.287. The Balaban J connectivity index is 2.52. The highest BCUT2D eigenvalue weighted by molar-refractivity contribution is 6.61. The van der Waals surface area contributed by atoms with E-state index in [1.165, 1.54) is 0 Å². The van der Waals surface area contributed by atoms with E-state index in [0.29, 0.717) is 6.54 Å². The minimum absolute atomic E-state index is 0.147. The molecule has 1 heterocycles. The van der Waals surface area contributed by atoms with Gasteiger partial charge in [0.2, 0.25) is 0 Å². The molecular weight excluding hydrogens is 165 g/mol. The van der Waals surface area contributed by atoms with Crippen LogP contribution < -0.4 is 11.2 Å². The number of nitrogens with two attached hydrogens (primary N) is 1. The molecule has 3 nitrogen and oxygen atoms in total. The number of rotatable bonds is 1. The van der Waals surface area contributed by atoms with Crippen molar-refractivity contribution in [1.82, 2.24) is 0 Å². The molecule has 0 radical (unpaired) electrons. The van der Waals surface area contributed by atoms with Gasteiger partial charge in [-0.15, -0.1) is 0 Å². The summed E-state index contributed by atoms with van der Waals surface area (Å²) in [5, 5.41) is 9.53. The Kier molecular flexibility index (Phi) is 2.11. The van der Waals surface area contributed by atoms with E-state index in [0.717, 1.165) is 16.6 Å². The summed E-state index contributed by atoms with van der Waals surface area (Å²) in [5.41, 5.74) is 8.58. The van der Waals surface area contributed by atoms with Crippen molar-refractivity contribution in [2.24, 2.45) is 5.73 Å². The molecule has 1 unspecified atom stereocenters. The first-order valence-corrected chi connectivity index (χ1v) is 4.37. The molecule has 1 aliphatic rings. The Morgan fingerprint density at radius 3 is 3.08 bits per heavy atom. The average Bonchev–Trinajstić information content (AvgIpc) is 2.45. The first-order chi connectivity index (χ1) is 6.24. The zero-order chi connectivity index (χ0) is 9.42. The van der Waals surface area contributed by atoms with Crippen LogP contribution in [-0.4, -0.2) is 18.7 Å². The number of fused-ring (bicyclic) bond motifs is 1. The van der Waals surface area contributed by atoms with Crippen molar-refractivity contribution in [2.75, 3.05) is 6.54 Å². The van der Waals surface area contributed by atoms with Gasteiger partial charge in [-0.05, 0) is 23.5 Å². The number of hydrogen-bond acceptors (Lipinski definition) is 3. The molecule has 1 aliphatic heterocycles. The molecular formula is C9H12BNO2. The highest BCUT2D eigenvalue weighted by Gasteiger charge is 2.34. The van der Waals surface area contributed by atoms with E-state index in [1.807, 2.05) is 25.1 Å². The van der Waals surface area contributed by atoms with Crippen molar-refractivity contribution in [3.8, 4) is 0 Å². The fourth-order valence-corrected chi connectivity index (χ4v) is 1.83. The summed E-state index contributed by atoms with van der Waals surface area (Å²) in [5.74, 6) is 0. The standard InChI is InChI=1S/C9H12BNO2/c1-6-3-2-4-7-9(6)8(5-11)13-10(7)12/h2-4,8,12H,5,11H2,1H3. The first-order valence-electron chi connectivity index (χ1n) is 4.37. The molecule has 3 N–H and O–H groups in total. The number of benzene rings is 1. The van der Waals surface area contributed by atoms with Gasteiger partial charge < -0.3 is 15.4 Å². The van der Waals surface area contributed by atoms with Crippen LogP contribution >= 0.6 is 0 Å². The summed E-state index contributed by atoms with van der Waals surface area (Å²) in [6.07, 6.45) is -0.147. The monoisotopic (exact) mass is 177 g/mol. The van der Waals surface area contributed by atoms with Gasteiger partial charge in [-0.25, -0.2) is 0 Å². The van der Waals surface area contributed by atoms with E-state index < -0.39 is 7.12 Å². The third-order valence-corrected chi connectivity index (χ3v) is 2.45. The van der Waals surface area contributed by atoms with Crippen LogP contribution in [0.5, 0.6) is 0 Å². The highest BCUT2D eigenvalue weighted by Crippen LogP contribution is 2.24. The van der Waals surface area contributed by atoms with E-state index in [1.54, 1.807) is 0 Å². The maximum absolute atomic E-state index is 9.53. The van der Waals surface area contributed by atoms with Gasteiger partial charge in [0.05, 0.1) is 6.10 Å². The molecule has 0 fully saturated rings. The lowest BCUT2D eigenvalue weighted by atomic mass is 9.78. The van der Waals surface area contributed by atoms with E-state index >= 15 is 0 Å². The van der Waals surface area contributed by atoms with Crippen LogP contribution in [0.1, 0.15) is 17.2 Å². The molecule has 0 spiro atoms. The van der Waals surface area contributed by atoms with E-state index in [4.69, 9.17) is 10.4 Å². The minimum Gasteiger partial charge on any atom is -0.423 e. The van der Waals surface area contributed by atoms with Gasteiger partial charge in [0, 0.05) is 6.54 Å². The Morgan fingerprint density at radius 1 is 1.62 bits per heavy atom. The van der Waals surface area contributed by atoms with Gasteiger partial charge in [-0.2, -0.15) is 0 Å². The molecule has 0 bridgehead atoms. The molecule has 0 aliphatic carbocycles. The smallest absolute Gasteiger partial charge is 0.423 e. The molecule has 0 saturated heterocycles. The first kappa shape index (κ1) is 8.75. The second-order valence-electron chi connectivity index (χ2n) is 3.29. The molecule has 13 heavy (non-hydrogen) atoms. The fourth-order valence-electron chi connectivity index (χ4n) is 1.83. The molecule has 4 heteroatoms. The molecule has 1 aromatic carbocycles. The van der Waals surface area contributed by atoms with E-state index in [2.05, 4.69) is 0 Å². The van der Waals surface area contributed by atoms with Gasteiger partial charge in [0.15, 0.2) is 0 Å². The normalized spacial score (nSPS) is 20.5. The van der Waals surface area contributed by atoms with Crippen molar-refractivity contribution in [3.63, 3.8) is 0 Å². The van der Waals surface area contributed by atoms with Crippen LogP contribution in [0.15, 0.2) is 18.2 Å². The second kappa shape index (κ2) is 3.14. The Bertz CT molecular complexity index is 329. The zero-order valence-corrected chi connectivity index (χ0v) is 7.53. The van der Waals surface area contributed by atoms with Crippen molar-refractivity contribution in [3.05, 3.63) is 29.3 Å². The maximum atomic E-state index is 9.53. The summed E-state index contributed by atoms with van der Waals surface area (Å²) >= 11 is 0. The fraction of sp³-hybridized carbons (Fsp3) is 0.333. The summed E-state index contributed by atoms with van der Waals surface area (Å²) in [4.78, 5) is 0. The molecule has 0 amide bonds. The van der Waals surface area contributed by atoms with Crippen molar-refractivity contribution >= 4 is 12.6 Å². The number of hydrogen-bond donors (Lipinski definition) is 2. The lowest BCUT2D eigenvalue weighted by Gasteiger charge is -2.10. The summed E-state index contributed by atoms with van der Waals surface area (Å²) in [7, 11) is -0.802. The lowest BCUT2D eigenvalue weighted by Crippen LogP contribution is -2.28. The zero-order valence-electron chi connectivity index (χ0n) is 7.53. The quantitative estimate of drug-likeness (QED) is 0.579. The molecule has 1 atom stereocenters. The SMILES string of the molecule is Cc1cccc2c1C(CN)OB2O. The third kappa shape index (κ3) is 1.27.